The van der Waals surface area contributed by atoms with Gasteiger partial charge < -0.3 is 10.2 Å². The van der Waals surface area contributed by atoms with Gasteiger partial charge in [-0.15, -0.1) is 0 Å². The molecule has 1 saturated heterocycles. The van der Waals surface area contributed by atoms with Gasteiger partial charge in [0.2, 0.25) is 5.95 Å². The van der Waals surface area contributed by atoms with Crippen molar-refractivity contribution >= 4 is 27.3 Å². The van der Waals surface area contributed by atoms with Crippen LogP contribution in [0, 0.1) is 6.92 Å². The Labute approximate surface area is 149 Å². The molecule has 1 N–H and O–H groups in total. The summed E-state index contributed by atoms with van der Waals surface area (Å²) in [5.74, 6) is 1.56. The lowest BCUT2D eigenvalue weighted by atomic mass is 10.1. The van der Waals surface area contributed by atoms with E-state index in [1.165, 1.54) is 24.7 Å². The van der Waals surface area contributed by atoms with E-state index in [0.29, 0.717) is 10.8 Å². The Morgan fingerprint density at radius 3 is 2.32 bits per heavy atom. The zero-order valence-electron chi connectivity index (χ0n) is 14.9. The summed E-state index contributed by atoms with van der Waals surface area (Å²) in [5.41, 5.74) is 2.94. The van der Waals surface area contributed by atoms with Gasteiger partial charge in [0.15, 0.2) is 9.84 Å². The summed E-state index contributed by atoms with van der Waals surface area (Å²) in [6, 6.07) is 6.65. The molecule has 7 heteroatoms. The third-order valence-corrected chi connectivity index (χ3v) is 5.62. The van der Waals surface area contributed by atoms with E-state index in [1.54, 1.807) is 24.3 Å². The van der Waals surface area contributed by atoms with Crippen LogP contribution in [0.5, 0.6) is 0 Å². The van der Waals surface area contributed by atoms with Gasteiger partial charge in [-0.25, -0.2) is 13.4 Å². The molecule has 0 amide bonds. The highest BCUT2D eigenvalue weighted by Gasteiger charge is 2.19. The summed E-state index contributed by atoms with van der Waals surface area (Å²) in [6.07, 6.45) is 4.50. The lowest BCUT2D eigenvalue weighted by Crippen LogP contribution is -2.22. The molecule has 2 aromatic rings. The lowest BCUT2D eigenvalue weighted by Gasteiger charge is -2.21. The Morgan fingerprint density at radius 2 is 1.76 bits per heavy atom. The molecule has 2 heterocycles. The van der Waals surface area contributed by atoms with Gasteiger partial charge in [-0.05, 0) is 50.5 Å². The number of anilines is 3. The molecule has 0 unspecified atom stereocenters. The fraction of sp³-hybridized carbons (Fsp3) is 0.444. The van der Waals surface area contributed by atoms with Gasteiger partial charge in [0, 0.05) is 36.3 Å². The standard InChI is InChI=1S/C18H24N4O2S/c1-4-16-13(2)19-18(21-17(16)22-11-5-6-12-22)20-14-7-9-15(10-8-14)25(3,23)24/h7-10H,4-6,11-12H2,1-3H3,(H,19,20,21). The fourth-order valence-corrected chi connectivity index (χ4v) is 3.79. The highest BCUT2D eigenvalue weighted by Crippen LogP contribution is 2.27. The van der Waals surface area contributed by atoms with Crippen LogP contribution in [0.3, 0.4) is 0 Å². The number of nitrogens with zero attached hydrogens (tertiary/aromatic N) is 3. The molecule has 0 spiro atoms. The van der Waals surface area contributed by atoms with Gasteiger partial charge >= 0.3 is 0 Å². The smallest absolute Gasteiger partial charge is 0.229 e. The van der Waals surface area contributed by atoms with Crippen molar-refractivity contribution in [2.24, 2.45) is 0 Å². The first kappa shape index (κ1) is 17.7. The number of hydrogen-bond acceptors (Lipinski definition) is 6. The summed E-state index contributed by atoms with van der Waals surface area (Å²) in [4.78, 5) is 11.9. The van der Waals surface area contributed by atoms with Gasteiger partial charge in [0.25, 0.3) is 0 Å². The first-order chi connectivity index (χ1) is 11.9. The first-order valence-corrected chi connectivity index (χ1v) is 10.5. The lowest BCUT2D eigenvalue weighted by molar-refractivity contribution is 0.602. The maximum atomic E-state index is 11.6. The summed E-state index contributed by atoms with van der Waals surface area (Å²) in [7, 11) is -3.19. The van der Waals surface area contributed by atoms with Crippen molar-refractivity contribution in [2.75, 3.05) is 29.6 Å². The van der Waals surface area contributed by atoms with Crippen LogP contribution in [0.1, 0.15) is 31.0 Å². The van der Waals surface area contributed by atoms with Crippen LogP contribution in [0.15, 0.2) is 29.2 Å². The van der Waals surface area contributed by atoms with E-state index in [9.17, 15) is 8.42 Å². The molecule has 1 aromatic carbocycles. The van der Waals surface area contributed by atoms with Crippen molar-refractivity contribution in [2.45, 2.75) is 38.0 Å². The Balaban J connectivity index is 1.89. The summed E-state index contributed by atoms with van der Waals surface area (Å²) >= 11 is 0. The molecule has 6 nitrogen and oxygen atoms in total. The number of aromatic nitrogens is 2. The first-order valence-electron chi connectivity index (χ1n) is 8.58. The zero-order chi connectivity index (χ0) is 18.0. The summed E-state index contributed by atoms with van der Waals surface area (Å²) < 4.78 is 23.1. The van der Waals surface area contributed by atoms with Crippen LogP contribution >= 0.6 is 0 Å². The molecule has 1 aliphatic rings. The molecule has 1 aromatic heterocycles. The van der Waals surface area contributed by atoms with Crippen molar-refractivity contribution < 1.29 is 8.42 Å². The SMILES string of the molecule is CCc1c(C)nc(Nc2ccc(S(C)(=O)=O)cc2)nc1N1CCCC1. The second-order valence-electron chi connectivity index (χ2n) is 6.40. The van der Waals surface area contributed by atoms with Crippen molar-refractivity contribution in [1.82, 2.24) is 9.97 Å². The molecule has 1 fully saturated rings. The predicted octanol–water partition coefficient (Wildman–Crippen LogP) is 3.09. The van der Waals surface area contributed by atoms with Crippen molar-refractivity contribution in [1.29, 1.82) is 0 Å². The zero-order valence-corrected chi connectivity index (χ0v) is 15.7. The van der Waals surface area contributed by atoms with Crippen molar-refractivity contribution in [3.05, 3.63) is 35.5 Å². The minimum absolute atomic E-state index is 0.300. The van der Waals surface area contributed by atoms with E-state index < -0.39 is 9.84 Å². The highest BCUT2D eigenvalue weighted by atomic mass is 32.2. The maximum absolute atomic E-state index is 11.6. The van der Waals surface area contributed by atoms with Crippen LogP contribution in [-0.4, -0.2) is 37.7 Å². The summed E-state index contributed by atoms with van der Waals surface area (Å²) in [5, 5.41) is 3.19. The molecule has 25 heavy (non-hydrogen) atoms. The Morgan fingerprint density at radius 1 is 1.12 bits per heavy atom. The third-order valence-electron chi connectivity index (χ3n) is 4.49. The third kappa shape index (κ3) is 3.92. The predicted molar refractivity (Wildman–Crippen MR) is 100 cm³/mol. The molecule has 0 aliphatic carbocycles. The van der Waals surface area contributed by atoms with E-state index in [-0.39, 0.29) is 0 Å². The van der Waals surface area contributed by atoms with E-state index in [1.807, 2.05) is 6.92 Å². The van der Waals surface area contributed by atoms with Gasteiger partial charge in [-0.2, -0.15) is 4.98 Å². The highest BCUT2D eigenvalue weighted by molar-refractivity contribution is 7.90. The number of nitrogens with one attached hydrogen (secondary N) is 1. The second kappa shape index (κ2) is 7.00. The van der Waals surface area contributed by atoms with Crippen molar-refractivity contribution in [3.63, 3.8) is 0 Å². The molecular formula is C18H24N4O2S. The van der Waals surface area contributed by atoms with E-state index in [4.69, 9.17) is 4.98 Å². The van der Waals surface area contributed by atoms with Crippen LogP contribution in [0.4, 0.5) is 17.5 Å². The number of benzene rings is 1. The molecule has 0 atom stereocenters. The number of aryl methyl sites for hydroxylation is 1. The molecule has 0 radical (unpaired) electrons. The van der Waals surface area contributed by atoms with E-state index >= 15 is 0 Å². The minimum atomic E-state index is -3.19. The second-order valence-corrected chi connectivity index (χ2v) is 8.42. The molecule has 1 aliphatic heterocycles. The van der Waals surface area contributed by atoms with Gasteiger partial charge in [-0.1, -0.05) is 6.92 Å². The summed E-state index contributed by atoms with van der Waals surface area (Å²) in [6.45, 7) is 6.21. The minimum Gasteiger partial charge on any atom is -0.356 e. The molecule has 0 saturated carbocycles. The molecule has 3 rings (SSSR count). The average Bonchev–Trinajstić information content (AvgIpc) is 3.08. The number of rotatable bonds is 5. The largest absolute Gasteiger partial charge is 0.356 e. The van der Waals surface area contributed by atoms with E-state index in [2.05, 4.69) is 22.1 Å². The normalized spacial score (nSPS) is 14.8. The van der Waals surface area contributed by atoms with Gasteiger partial charge in [0.1, 0.15) is 5.82 Å². The van der Waals surface area contributed by atoms with Crippen LogP contribution in [-0.2, 0) is 16.3 Å². The van der Waals surface area contributed by atoms with Crippen molar-refractivity contribution in [3.8, 4) is 0 Å². The van der Waals surface area contributed by atoms with Crippen LogP contribution < -0.4 is 10.2 Å². The van der Waals surface area contributed by atoms with Crippen LogP contribution in [0.25, 0.3) is 0 Å². The fourth-order valence-electron chi connectivity index (χ4n) is 3.16. The maximum Gasteiger partial charge on any atom is 0.229 e. The van der Waals surface area contributed by atoms with Gasteiger partial charge in [-0.3, -0.25) is 0 Å². The number of hydrogen-bond donors (Lipinski definition) is 1. The van der Waals surface area contributed by atoms with Gasteiger partial charge in [0.05, 0.1) is 4.90 Å². The molecule has 134 valence electrons. The topological polar surface area (TPSA) is 75.2 Å². The average molecular weight is 360 g/mol. The Kier molecular flexibility index (Phi) is 4.94. The quantitative estimate of drug-likeness (QED) is 0.883. The number of sulfone groups is 1. The molecular weight excluding hydrogens is 336 g/mol. The Hall–Kier alpha value is -2.15. The molecule has 0 bridgehead atoms. The Bertz CT molecular complexity index is 857. The van der Waals surface area contributed by atoms with Crippen LogP contribution in [0.2, 0.25) is 0 Å². The monoisotopic (exact) mass is 360 g/mol. The van der Waals surface area contributed by atoms with E-state index in [0.717, 1.165) is 36.7 Å².